The number of halogens is 2. The third kappa shape index (κ3) is 1.83. The number of allylic oxidation sites excluding steroid dienone is 4. The molecule has 4 aliphatic rings. The van der Waals surface area contributed by atoms with Crippen LogP contribution in [0.2, 0.25) is 0 Å². The molecule has 3 fully saturated rings. The summed E-state index contributed by atoms with van der Waals surface area (Å²) in [5, 5.41) is 10.8. The van der Waals surface area contributed by atoms with Crippen LogP contribution in [-0.2, 0) is 9.59 Å². The Balaban J connectivity index is 1.88. The largest absolute Gasteiger partial charge is 0.390 e. The zero-order valence-corrected chi connectivity index (χ0v) is 14.8. The van der Waals surface area contributed by atoms with Gasteiger partial charge in [-0.1, -0.05) is 19.9 Å². The van der Waals surface area contributed by atoms with E-state index in [0.29, 0.717) is 6.42 Å². The number of hydrogen-bond acceptors (Lipinski definition) is 3. The van der Waals surface area contributed by atoms with Gasteiger partial charge >= 0.3 is 0 Å². The van der Waals surface area contributed by atoms with E-state index in [9.17, 15) is 19.1 Å². The van der Waals surface area contributed by atoms with Crippen molar-refractivity contribution < 1.29 is 23.5 Å². The average molecular weight is 350 g/mol. The predicted molar refractivity (Wildman–Crippen MR) is 88.2 cm³/mol. The summed E-state index contributed by atoms with van der Waals surface area (Å²) in [6, 6.07) is 0. The summed E-state index contributed by atoms with van der Waals surface area (Å²) >= 11 is 0. The Morgan fingerprint density at radius 1 is 1.20 bits per heavy atom. The van der Waals surface area contributed by atoms with Gasteiger partial charge in [0.25, 0.3) is 0 Å². The van der Waals surface area contributed by atoms with Gasteiger partial charge in [0, 0.05) is 22.7 Å². The first-order valence-electron chi connectivity index (χ1n) is 9.06. The third-order valence-corrected chi connectivity index (χ3v) is 7.64. The van der Waals surface area contributed by atoms with E-state index in [1.54, 1.807) is 13.8 Å². The summed E-state index contributed by atoms with van der Waals surface area (Å²) < 4.78 is 31.6. The van der Waals surface area contributed by atoms with Crippen molar-refractivity contribution in [2.24, 2.45) is 28.6 Å². The van der Waals surface area contributed by atoms with Crippen LogP contribution in [0.3, 0.4) is 0 Å². The summed E-state index contributed by atoms with van der Waals surface area (Å²) in [7, 11) is 0. The molecule has 8 atom stereocenters. The average Bonchev–Trinajstić information content (AvgIpc) is 2.76. The first kappa shape index (κ1) is 17.1. The van der Waals surface area contributed by atoms with E-state index in [-0.39, 0.29) is 41.8 Å². The number of fused-ring (bicyclic) bond motifs is 5. The van der Waals surface area contributed by atoms with E-state index < -0.39 is 34.7 Å². The fourth-order valence-electron chi connectivity index (χ4n) is 6.32. The van der Waals surface area contributed by atoms with Crippen LogP contribution in [-0.4, -0.2) is 34.6 Å². The van der Waals surface area contributed by atoms with Gasteiger partial charge in [-0.25, -0.2) is 8.78 Å². The van der Waals surface area contributed by atoms with E-state index in [2.05, 4.69) is 0 Å². The van der Waals surface area contributed by atoms with Crippen molar-refractivity contribution in [3.63, 3.8) is 0 Å². The number of carbonyl (C=O) groups is 2. The lowest BCUT2D eigenvalue weighted by atomic mass is 9.45. The molecule has 5 heteroatoms. The van der Waals surface area contributed by atoms with E-state index in [1.165, 1.54) is 18.2 Å². The molecule has 0 aliphatic heterocycles. The highest BCUT2D eigenvalue weighted by molar-refractivity contribution is 6.01. The van der Waals surface area contributed by atoms with E-state index in [1.807, 2.05) is 6.92 Å². The molecule has 136 valence electrons. The molecule has 25 heavy (non-hydrogen) atoms. The van der Waals surface area contributed by atoms with Gasteiger partial charge in [0.05, 0.1) is 6.10 Å². The highest BCUT2D eigenvalue weighted by atomic mass is 19.1. The molecule has 3 nitrogen and oxygen atoms in total. The molecule has 0 amide bonds. The Bertz CT molecular complexity index is 728. The molecule has 4 rings (SSSR count). The second-order valence-corrected chi connectivity index (χ2v) is 8.86. The number of aliphatic hydroxyl groups is 1. The highest BCUT2D eigenvalue weighted by Crippen LogP contribution is 2.67. The molecule has 4 aliphatic carbocycles. The molecule has 1 N–H and O–H groups in total. The zero-order chi connectivity index (χ0) is 18.4. The minimum atomic E-state index is -2.08. The summed E-state index contributed by atoms with van der Waals surface area (Å²) in [6.45, 7) is 5.21. The van der Waals surface area contributed by atoms with Crippen LogP contribution in [0.5, 0.6) is 0 Å². The summed E-state index contributed by atoms with van der Waals surface area (Å²) in [5.41, 5.74) is -4.12. The Hall–Kier alpha value is -1.36. The number of Topliss-reactive ketones (excluding diaryl/α,β-unsaturated/α-hetero) is 1. The van der Waals surface area contributed by atoms with Gasteiger partial charge in [0.2, 0.25) is 0 Å². The second kappa shape index (κ2) is 4.87. The van der Waals surface area contributed by atoms with Crippen molar-refractivity contribution in [3.8, 4) is 0 Å². The zero-order valence-electron chi connectivity index (χ0n) is 14.8. The first-order valence-corrected chi connectivity index (χ1v) is 9.06. The molecular formula is C20H24F2O3. The first-order chi connectivity index (χ1) is 11.6. The summed E-state index contributed by atoms with van der Waals surface area (Å²) in [6.07, 6.45) is 1.57. The van der Waals surface area contributed by atoms with E-state index in [0.717, 1.165) is 0 Å². The molecule has 0 spiro atoms. The maximum absolute atomic E-state index is 16.6. The molecule has 0 radical (unpaired) electrons. The van der Waals surface area contributed by atoms with Crippen molar-refractivity contribution in [1.82, 2.24) is 0 Å². The smallest absolute Gasteiger partial charge is 0.178 e. The number of alkyl halides is 2. The van der Waals surface area contributed by atoms with Gasteiger partial charge in [-0.2, -0.15) is 0 Å². The minimum absolute atomic E-state index is 0.0508. The maximum atomic E-state index is 16.6. The van der Waals surface area contributed by atoms with Crippen molar-refractivity contribution in [2.75, 3.05) is 0 Å². The molecular weight excluding hydrogens is 326 g/mol. The van der Waals surface area contributed by atoms with Crippen molar-refractivity contribution in [3.05, 3.63) is 23.8 Å². The number of carbonyl (C=O) groups excluding carboxylic acids is 2. The number of hydrogen-bond donors (Lipinski definition) is 1. The van der Waals surface area contributed by atoms with E-state index in [4.69, 9.17) is 0 Å². The molecule has 0 aromatic heterocycles. The van der Waals surface area contributed by atoms with Gasteiger partial charge in [0.1, 0.15) is 12.0 Å². The fraction of sp³-hybridized carbons (Fsp3) is 0.700. The van der Waals surface area contributed by atoms with Crippen LogP contribution in [0.25, 0.3) is 0 Å². The van der Waals surface area contributed by atoms with Crippen LogP contribution in [0.1, 0.15) is 40.0 Å². The van der Waals surface area contributed by atoms with Crippen LogP contribution in [0.15, 0.2) is 23.8 Å². The van der Waals surface area contributed by atoms with E-state index >= 15 is 4.39 Å². The highest BCUT2D eigenvalue weighted by Gasteiger charge is 2.72. The number of ketones is 2. The second-order valence-electron chi connectivity index (χ2n) is 8.86. The maximum Gasteiger partial charge on any atom is 0.178 e. The fourth-order valence-corrected chi connectivity index (χ4v) is 6.32. The lowest BCUT2D eigenvalue weighted by Gasteiger charge is -2.61. The SMILES string of the molecule is C[C@@H]1C[C@H]2[C@@H]3C[C@H](F)C4=CC(=O)C=C[C@]4(C)[C@@]3(F)[C@@H](O)C[C@]2(C)C1=O. The Kier molecular flexibility index (Phi) is 3.33. The molecule has 0 bridgehead atoms. The van der Waals surface area contributed by atoms with Gasteiger partial charge < -0.3 is 5.11 Å². The van der Waals surface area contributed by atoms with Gasteiger partial charge in [-0.3, -0.25) is 9.59 Å². The Morgan fingerprint density at radius 3 is 2.56 bits per heavy atom. The summed E-state index contributed by atoms with van der Waals surface area (Å²) in [5.74, 6) is -1.53. The topological polar surface area (TPSA) is 54.4 Å². The van der Waals surface area contributed by atoms with Crippen molar-refractivity contribution >= 4 is 11.6 Å². The Labute approximate surface area is 146 Å². The molecule has 0 aromatic rings. The van der Waals surface area contributed by atoms with Crippen LogP contribution >= 0.6 is 0 Å². The molecule has 3 saturated carbocycles. The van der Waals surface area contributed by atoms with Crippen LogP contribution < -0.4 is 0 Å². The standard InChI is InChI=1S/C20H24F2O3/c1-10-6-12-13-8-15(21)14-7-11(23)4-5-19(14,3)20(13,22)16(24)9-18(12,2)17(10)25/h4-5,7,10,12-13,15-16,24H,6,8-9H2,1-3H3/t10-,12+,13+,15+,16+,18+,19+,20+/m1/s1. The third-order valence-electron chi connectivity index (χ3n) is 7.64. The van der Waals surface area contributed by atoms with Gasteiger partial charge in [-0.15, -0.1) is 0 Å². The number of aliphatic hydroxyl groups excluding tert-OH is 1. The van der Waals surface area contributed by atoms with Gasteiger partial charge in [0.15, 0.2) is 11.5 Å². The van der Waals surface area contributed by atoms with Crippen LogP contribution in [0, 0.1) is 28.6 Å². The molecule has 0 heterocycles. The predicted octanol–water partition coefficient (Wildman–Crippen LogP) is 3.12. The quantitative estimate of drug-likeness (QED) is 0.730. The minimum Gasteiger partial charge on any atom is -0.390 e. The normalized spacial score (nSPS) is 54.6. The molecule has 0 unspecified atom stereocenters. The lowest BCUT2D eigenvalue weighted by molar-refractivity contribution is -0.196. The van der Waals surface area contributed by atoms with Gasteiger partial charge in [-0.05, 0) is 49.8 Å². The monoisotopic (exact) mass is 350 g/mol. The number of rotatable bonds is 0. The van der Waals surface area contributed by atoms with Crippen molar-refractivity contribution in [2.45, 2.75) is 58.0 Å². The Morgan fingerprint density at radius 2 is 1.88 bits per heavy atom. The summed E-state index contributed by atoms with van der Waals surface area (Å²) in [4.78, 5) is 24.4. The van der Waals surface area contributed by atoms with Crippen molar-refractivity contribution in [1.29, 1.82) is 0 Å². The lowest BCUT2D eigenvalue weighted by Crippen LogP contribution is -2.68. The molecule has 0 saturated heterocycles. The van der Waals surface area contributed by atoms with Crippen LogP contribution in [0.4, 0.5) is 8.78 Å². The molecule has 0 aromatic carbocycles.